The van der Waals surface area contributed by atoms with Gasteiger partial charge in [-0.05, 0) is 31.2 Å². The van der Waals surface area contributed by atoms with E-state index in [2.05, 4.69) is 37.6 Å². The molecule has 2 heterocycles. The summed E-state index contributed by atoms with van der Waals surface area (Å²) in [7, 11) is 1.63. The third kappa shape index (κ3) is 4.58. The molecule has 1 aliphatic carbocycles. The van der Waals surface area contributed by atoms with Crippen molar-refractivity contribution in [3.05, 3.63) is 28.2 Å². The summed E-state index contributed by atoms with van der Waals surface area (Å²) in [5, 5.41) is 14.5. The van der Waals surface area contributed by atoms with Gasteiger partial charge in [-0.1, -0.05) is 17.8 Å². The molecule has 24 heavy (non-hydrogen) atoms. The lowest BCUT2D eigenvalue weighted by Gasteiger charge is -2.12. The van der Waals surface area contributed by atoms with E-state index in [-0.39, 0.29) is 11.9 Å². The average Bonchev–Trinajstić information content (AvgIpc) is 3.10. The molecule has 0 saturated heterocycles. The first kappa shape index (κ1) is 17.4. The molecule has 1 fully saturated rings. The highest BCUT2D eigenvalue weighted by atomic mass is 32.2. The molecule has 6 nitrogen and oxygen atoms in total. The van der Waals surface area contributed by atoms with E-state index in [1.54, 1.807) is 18.4 Å². The maximum atomic E-state index is 12.0. The van der Waals surface area contributed by atoms with E-state index < -0.39 is 0 Å². The summed E-state index contributed by atoms with van der Waals surface area (Å²) in [6.07, 6.45) is 3.14. The molecule has 1 aliphatic rings. The van der Waals surface area contributed by atoms with Crippen LogP contribution in [0.4, 0.5) is 0 Å². The van der Waals surface area contributed by atoms with Gasteiger partial charge in [-0.3, -0.25) is 4.79 Å². The molecule has 0 bridgehead atoms. The lowest BCUT2D eigenvalue weighted by Crippen LogP contribution is -2.36. The Morgan fingerprint density at radius 2 is 2.38 bits per heavy atom. The van der Waals surface area contributed by atoms with Crippen LogP contribution in [0.3, 0.4) is 0 Å². The molecule has 0 aliphatic heterocycles. The minimum Gasteiger partial charge on any atom is -0.383 e. The zero-order valence-electron chi connectivity index (χ0n) is 13.9. The Balaban J connectivity index is 1.61. The Morgan fingerprint density at radius 3 is 3.04 bits per heavy atom. The molecule has 1 amide bonds. The summed E-state index contributed by atoms with van der Waals surface area (Å²) in [4.78, 5) is 13.3. The highest BCUT2D eigenvalue weighted by Crippen LogP contribution is 2.39. The first-order valence-corrected chi connectivity index (χ1v) is 9.91. The van der Waals surface area contributed by atoms with E-state index in [0.29, 0.717) is 18.4 Å². The number of nitrogens with one attached hydrogen (secondary N) is 1. The number of ether oxygens (including phenoxy) is 1. The van der Waals surface area contributed by atoms with Gasteiger partial charge >= 0.3 is 0 Å². The molecular weight excluding hydrogens is 344 g/mol. The summed E-state index contributed by atoms with van der Waals surface area (Å²) < 4.78 is 7.25. The van der Waals surface area contributed by atoms with E-state index >= 15 is 0 Å². The Bertz CT molecular complexity index is 668. The Morgan fingerprint density at radius 1 is 1.54 bits per heavy atom. The number of hydrogen-bond donors (Lipinski definition) is 1. The van der Waals surface area contributed by atoms with E-state index in [9.17, 15) is 4.79 Å². The number of rotatable bonds is 9. The number of nitrogens with zero attached hydrogens (tertiary/aromatic N) is 3. The minimum absolute atomic E-state index is 0.00490. The van der Waals surface area contributed by atoms with Crippen LogP contribution in [-0.4, -0.2) is 46.2 Å². The van der Waals surface area contributed by atoms with Gasteiger partial charge in [0.2, 0.25) is 5.91 Å². The van der Waals surface area contributed by atoms with Crippen molar-refractivity contribution in [2.45, 2.75) is 43.4 Å². The zero-order chi connectivity index (χ0) is 16.9. The molecule has 1 N–H and O–H groups in total. The Kier molecular flexibility index (Phi) is 5.91. The number of methoxy groups -OCH3 is 1. The molecule has 0 unspecified atom stereocenters. The van der Waals surface area contributed by atoms with Crippen LogP contribution >= 0.6 is 23.1 Å². The van der Waals surface area contributed by atoms with Crippen molar-refractivity contribution in [2.75, 3.05) is 19.5 Å². The molecule has 3 rings (SSSR count). The fraction of sp³-hybridized carbons (Fsp3) is 0.562. The summed E-state index contributed by atoms with van der Waals surface area (Å²) in [6, 6.07) is 4.68. The third-order valence-corrected chi connectivity index (χ3v) is 5.54. The van der Waals surface area contributed by atoms with Crippen LogP contribution in [0, 0.1) is 0 Å². The van der Waals surface area contributed by atoms with Gasteiger partial charge in [-0.15, -0.1) is 21.5 Å². The molecule has 0 spiro atoms. The van der Waals surface area contributed by atoms with E-state index in [1.807, 2.05) is 6.92 Å². The monoisotopic (exact) mass is 366 g/mol. The van der Waals surface area contributed by atoms with Gasteiger partial charge < -0.3 is 14.6 Å². The maximum absolute atomic E-state index is 12.0. The Hall–Kier alpha value is -1.38. The first-order valence-electron chi connectivity index (χ1n) is 8.04. The van der Waals surface area contributed by atoms with E-state index in [1.165, 1.54) is 29.5 Å². The average molecular weight is 367 g/mol. The van der Waals surface area contributed by atoms with Crippen molar-refractivity contribution < 1.29 is 9.53 Å². The van der Waals surface area contributed by atoms with Gasteiger partial charge in [0.15, 0.2) is 5.16 Å². The van der Waals surface area contributed by atoms with Crippen LogP contribution in [0.25, 0.3) is 0 Å². The van der Waals surface area contributed by atoms with Crippen molar-refractivity contribution in [3.63, 3.8) is 0 Å². The predicted molar refractivity (Wildman–Crippen MR) is 95.6 cm³/mol. The smallest absolute Gasteiger partial charge is 0.230 e. The second kappa shape index (κ2) is 8.13. The number of amides is 1. The van der Waals surface area contributed by atoms with Gasteiger partial charge in [0.25, 0.3) is 0 Å². The Labute approximate surface area is 150 Å². The standard InChI is InChI=1S/C16H22N4O2S2/c1-11(9-22-2)17-15(21)10-24-16-19-18-14(20(16)12-5-6-12)8-13-4-3-7-23-13/h3-4,7,11-12H,5-6,8-10H2,1-2H3,(H,17,21)/t11-/m0/s1. The van der Waals surface area contributed by atoms with Gasteiger partial charge in [-0.2, -0.15) is 0 Å². The molecule has 1 atom stereocenters. The SMILES string of the molecule is COC[C@H](C)NC(=O)CSc1nnc(Cc2cccs2)n1C1CC1. The van der Waals surface area contributed by atoms with Crippen LogP contribution in [-0.2, 0) is 16.0 Å². The lowest BCUT2D eigenvalue weighted by molar-refractivity contribution is -0.119. The number of thioether (sulfide) groups is 1. The highest BCUT2D eigenvalue weighted by molar-refractivity contribution is 7.99. The number of hydrogen-bond acceptors (Lipinski definition) is 6. The number of thiophene rings is 1. The largest absolute Gasteiger partial charge is 0.383 e. The molecule has 130 valence electrons. The quantitative estimate of drug-likeness (QED) is 0.691. The molecule has 1 saturated carbocycles. The minimum atomic E-state index is -0.00490. The molecular formula is C16H22N4O2S2. The van der Waals surface area contributed by atoms with Crippen LogP contribution in [0.15, 0.2) is 22.7 Å². The van der Waals surface area contributed by atoms with Gasteiger partial charge in [0.05, 0.1) is 12.4 Å². The van der Waals surface area contributed by atoms with E-state index in [0.717, 1.165) is 17.4 Å². The van der Waals surface area contributed by atoms with Gasteiger partial charge in [0, 0.05) is 30.5 Å². The normalized spacial score (nSPS) is 15.4. The summed E-state index contributed by atoms with van der Waals surface area (Å²) in [5.74, 6) is 1.34. The molecule has 8 heteroatoms. The van der Waals surface area contributed by atoms with Crippen LogP contribution in [0.5, 0.6) is 0 Å². The van der Waals surface area contributed by atoms with Crippen molar-refractivity contribution >= 4 is 29.0 Å². The fourth-order valence-corrected chi connectivity index (χ4v) is 4.07. The third-order valence-electron chi connectivity index (χ3n) is 3.72. The second-order valence-electron chi connectivity index (χ2n) is 5.97. The molecule has 0 aromatic carbocycles. The molecule has 2 aromatic heterocycles. The summed E-state index contributed by atoms with van der Waals surface area (Å²) in [6.45, 7) is 2.44. The van der Waals surface area contributed by atoms with Gasteiger partial charge in [0.1, 0.15) is 5.82 Å². The number of carbonyl (C=O) groups is 1. The maximum Gasteiger partial charge on any atom is 0.230 e. The van der Waals surface area contributed by atoms with Crippen molar-refractivity contribution in [3.8, 4) is 0 Å². The highest BCUT2D eigenvalue weighted by Gasteiger charge is 2.30. The zero-order valence-corrected chi connectivity index (χ0v) is 15.5. The van der Waals surface area contributed by atoms with Crippen LogP contribution in [0.1, 0.15) is 36.5 Å². The van der Waals surface area contributed by atoms with Crippen molar-refractivity contribution in [2.24, 2.45) is 0 Å². The second-order valence-corrected chi connectivity index (χ2v) is 7.94. The number of aromatic nitrogens is 3. The predicted octanol–water partition coefficient (Wildman–Crippen LogP) is 2.51. The van der Waals surface area contributed by atoms with Crippen LogP contribution in [0.2, 0.25) is 0 Å². The molecule has 0 radical (unpaired) electrons. The fourth-order valence-electron chi connectivity index (χ4n) is 2.53. The first-order chi connectivity index (χ1) is 11.7. The topological polar surface area (TPSA) is 69.0 Å². The van der Waals surface area contributed by atoms with Crippen LogP contribution < -0.4 is 5.32 Å². The summed E-state index contributed by atoms with van der Waals surface area (Å²) >= 11 is 3.19. The van der Waals surface area contributed by atoms with Crippen molar-refractivity contribution in [1.29, 1.82) is 0 Å². The molecule has 2 aromatic rings. The van der Waals surface area contributed by atoms with Gasteiger partial charge in [-0.25, -0.2) is 0 Å². The summed E-state index contributed by atoms with van der Waals surface area (Å²) in [5.41, 5.74) is 0. The lowest BCUT2D eigenvalue weighted by atomic mass is 10.3. The number of carbonyl (C=O) groups excluding carboxylic acids is 1. The van der Waals surface area contributed by atoms with Crippen molar-refractivity contribution in [1.82, 2.24) is 20.1 Å². The van der Waals surface area contributed by atoms with E-state index in [4.69, 9.17) is 4.74 Å².